The van der Waals surface area contributed by atoms with Gasteiger partial charge in [-0.3, -0.25) is 9.10 Å². The molecule has 0 aliphatic carbocycles. The summed E-state index contributed by atoms with van der Waals surface area (Å²) in [6, 6.07) is 22.6. The van der Waals surface area contributed by atoms with Gasteiger partial charge in [-0.2, -0.15) is 5.10 Å². The molecule has 1 N–H and O–H groups in total. The molecule has 0 saturated carbocycles. The zero-order valence-corrected chi connectivity index (χ0v) is 17.6. The first-order valence-corrected chi connectivity index (χ1v) is 10.8. The summed E-state index contributed by atoms with van der Waals surface area (Å²) in [5, 5.41) is 3.95. The van der Waals surface area contributed by atoms with Crippen LogP contribution in [0.5, 0.6) is 0 Å². The first-order valence-electron chi connectivity index (χ1n) is 9.39. The first-order chi connectivity index (χ1) is 14.4. The molecule has 0 atom stereocenters. The molecular formula is C23H23N3O3S. The van der Waals surface area contributed by atoms with Crippen molar-refractivity contribution in [1.29, 1.82) is 0 Å². The second kappa shape index (κ2) is 9.37. The molecule has 0 unspecified atom stereocenters. The molecule has 3 aromatic rings. The largest absolute Gasteiger partial charge is 0.271 e. The van der Waals surface area contributed by atoms with Gasteiger partial charge < -0.3 is 0 Å². The molecule has 0 spiro atoms. The topological polar surface area (TPSA) is 78.8 Å². The van der Waals surface area contributed by atoms with Crippen molar-refractivity contribution in [3.8, 4) is 0 Å². The molecule has 0 aliphatic heterocycles. The summed E-state index contributed by atoms with van der Waals surface area (Å²) in [5.41, 5.74) is 5.71. The zero-order chi connectivity index (χ0) is 21.6. The van der Waals surface area contributed by atoms with Crippen LogP contribution in [0.25, 0.3) is 0 Å². The van der Waals surface area contributed by atoms with Gasteiger partial charge in [0.25, 0.3) is 15.9 Å². The minimum atomic E-state index is -3.92. The maximum absolute atomic E-state index is 13.2. The van der Waals surface area contributed by atoms with Gasteiger partial charge in [0.15, 0.2) is 0 Å². The maximum Gasteiger partial charge on any atom is 0.264 e. The fraction of sp³-hybridized carbons (Fsp3) is 0.130. The van der Waals surface area contributed by atoms with Crippen LogP contribution >= 0.6 is 0 Å². The fourth-order valence-electron chi connectivity index (χ4n) is 2.84. The number of carbonyl (C=O) groups excluding carboxylic acids is 1. The van der Waals surface area contributed by atoms with E-state index in [1.807, 2.05) is 38.1 Å². The Hall–Kier alpha value is -3.45. The number of anilines is 1. The summed E-state index contributed by atoms with van der Waals surface area (Å²) in [6.07, 6.45) is 1.52. The molecule has 0 aromatic heterocycles. The number of amides is 1. The Labute approximate surface area is 176 Å². The molecule has 0 aliphatic rings. The van der Waals surface area contributed by atoms with Crippen molar-refractivity contribution in [2.24, 2.45) is 5.10 Å². The monoisotopic (exact) mass is 421 g/mol. The van der Waals surface area contributed by atoms with Crippen molar-refractivity contribution in [3.63, 3.8) is 0 Å². The maximum atomic E-state index is 13.2. The number of sulfonamides is 1. The summed E-state index contributed by atoms with van der Waals surface area (Å²) in [6.45, 7) is 3.47. The fourth-order valence-corrected chi connectivity index (χ4v) is 4.28. The molecule has 6 nitrogen and oxygen atoms in total. The van der Waals surface area contributed by atoms with Crippen molar-refractivity contribution in [1.82, 2.24) is 5.43 Å². The van der Waals surface area contributed by atoms with E-state index in [1.165, 1.54) is 18.3 Å². The molecule has 30 heavy (non-hydrogen) atoms. The third kappa shape index (κ3) is 5.33. The van der Waals surface area contributed by atoms with Gasteiger partial charge in [0.05, 0.1) is 16.8 Å². The molecular weight excluding hydrogens is 398 g/mol. The lowest BCUT2D eigenvalue weighted by Crippen LogP contribution is -2.39. The van der Waals surface area contributed by atoms with E-state index in [0.29, 0.717) is 5.69 Å². The number of aryl methyl sites for hydroxylation is 2. The van der Waals surface area contributed by atoms with Crippen molar-refractivity contribution in [2.75, 3.05) is 10.8 Å². The van der Waals surface area contributed by atoms with Crippen LogP contribution in [0.4, 0.5) is 5.69 Å². The Morgan fingerprint density at radius 2 is 1.63 bits per heavy atom. The third-order valence-electron chi connectivity index (χ3n) is 4.39. The lowest BCUT2D eigenvalue weighted by atomic mass is 10.2. The smallest absolute Gasteiger partial charge is 0.264 e. The van der Waals surface area contributed by atoms with Gasteiger partial charge in [0.1, 0.15) is 6.54 Å². The van der Waals surface area contributed by atoms with Gasteiger partial charge in [-0.1, -0.05) is 65.7 Å². The number of rotatable bonds is 7. The van der Waals surface area contributed by atoms with Gasteiger partial charge in [-0.25, -0.2) is 13.8 Å². The summed E-state index contributed by atoms with van der Waals surface area (Å²) in [7, 11) is -3.92. The lowest BCUT2D eigenvalue weighted by molar-refractivity contribution is -0.119. The van der Waals surface area contributed by atoms with E-state index in [1.54, 1.807) is 42.5 Å². The molecule has 0 fully saturated rings. The molecule has 0 heterocycles. The van der Waals surface area contributed by atoms with Gasteiger partial charge in [-0.15, -0.1) is 0 Å². The molecule has 3 rings (SSSR count). The molecule has 1 amide bonds. The summed E-state index contributed by atoms with van der Waals surface area (Å²) >= 11 is 0. The highest BCUT2D eigenvalue weighted by Crippen LogP contribution is 2.23. The van der Waals surface area contributed by atoms with Crippen LogP contribution in [-0.2, 0) is 14.8 Å². The Kier molecular flexibility index (Phi) is 6.64. The molecule has 0 bridgehead atoms. The molecule has 154 valence electrons. The summed E-state index contributed by atoms with van der Waals surface area (Å²) < 4.78 is 27.5. The average Bonchev–Trinajstić information content (AvgIpc) is 2.73. The van der Waals surface area contributed by atoms with E-state index in [4.69, 9.17) is 0 Å². The van der Waals surface area contributed by atoms with Crippen LogP contribution in [0.2, 0.25) is 0 Å². The van der Waals surface area contributed by atoms with Crippen LogP contribution in [-0.4, -0.2) is 27.1 Å². The number of nitrogens with one attached hydrogen (secondary N) is 1. The Bertz CT molecular complexity index is 1140. The second-order valence-corrected chi connectivity index (χ2v) is 8.73. The van der Waals surface area contributed by atoms with Gasteiger partial charge >= 0.3 is 0 Å². The van der Waals surface area contributed by atoms with E-state index in [-0.39, 0.29) is 4.90 Å². The van der Waals surface area contributed by atoms with Crippen LogP contribution < -0.4 is 9.73 Å². The number of hydrogen-bond acceptors (Lipinski definition) is 4. The number of benzene rings is 3. The second-order valence-electron chi connectivity index (χ2n) is 6.87. The van der Waals surface area contributed by atoms with E-state index in [9.17, 15) is 13.2 Å². The third-order valence-corrected chi connectivity index (χ3v) is 6.17. The first kappa shape index (κ1) is 21.3. The zero-order valence-electron chi connectivity index (χ0n) is 16.8. The highest BCUT2D eigenvalue weighted by Gasteiger charge is 2.26. The molecule has 0 saturated heterocycles. The van der Waals surface area contributed by atoms with E-state index in [0.717, 1.165) is 21.0 Å². The van der Waals surface area contributed by atoms with Crippen LogP contribution in [0.1, 0.15) is 16.7 Å². The average molecular weight is 422 g/mol. The number of hydrazone groups is 1. The van der Waals surface area contributed by atoms with Crippen molar-refractivity contribution >= 4 is 27.8 Å². The highest BCUT2D eigenvalue weighted by molar-refractivity contribution is 7.92. The number of hydrogen-bond donors (Lipinski definition) is 1. The summed E-state index contributed by atoms with van der Waals surface area (Å²) in [4.78, 5) is 12.6. The van der Waals surface area contributed by atoms with Crippen LogP contribution in [0.3, 0.4) is 0 Å². The van der Waals surface area contributed by atoms with Crippen LogP contribution in [0, 0.1) is 13.8 Å². The van der Waals surface area contributed by atoms with Crippen molar-refractivity contribution < 1.29 is 13.2 Å². The van der Waals surface area contributed by atoms with E-state index >= 15 is 0 Å². The SMILES string of the molecule is Cc1ccc(N(CC(=O)N/N=C\c2cccc(C)c2)S(=O)(=O)c2ccccc2)cc1. The van der Waals surface area contributed by atoms with Crippen molar-refractivity contribution in [2.45, 2.75) is 18.7 Å². The number of nitrogens with zero attached hydrogens (tertiary/aromatic N) is 2. The standard InChI is InChI=1S/C23H23N3O3S/c1-18-11-13-21(14-12-18)26(30(28,29)22-9-4-3-5-10-22)17-23(27)25-24-16-20-8-6-7-19(2)15-20/h3-16H,17H2,1-2H3,(H,25,27)/b24-16-. The summed E-state index contributed by atoms with van der Waals surface area (Å²) in [5.74, 6) is -0.543. The Balaban J connectivity index is 1.82. The quantitative estimate of drug-likeness (QED) is 0.467. The van der Waals surface area contributed by atoms with Crippen molar-refractivity contribution in [3.05, 3.63) is 95.6 Å². The Morgan fingerprint density at radius 3 is 2.30 bits per heavy atom. The van der Waals surface area contributed by atoms with Gasteiger partial charge in [0.2, 0.25) is 0 Å². The van der Waals surface area contributed by atoms with Crippen LogP contribution in [0.15, 0.2) is 88.9 Å². The normalized spacial score (nSPS) is 11.4. The van der Waals surface area contributed by atoms with Gasteiger partial charge in [0, 0.05) is 0 Å². The number of carbonyl (C=O) groups is 1. The highest BCUT2D eigenvalue weighted by atomic mass is 32.2. The van der Waals surface area contributed by atoms with Gasteiger partial charge in [-0.05, 0) is 43.7 Å². The minimum absolute atomic E-state index is 0.113. The molecule has 3 aromatic carbocycles. The molecule has 0 radical (unpaired) electrons. The predicted molar refractivity (Wildman–Crippen MR) is 119 cm³/mol. The molecule has 7 heteroatoms. The predicted octanol–water partition coefficient (Wildman–Crippen LogP) is 3.65. The minimum Gasteiger partial charge on any atom is -0.271 e. The Morgan fingerprint density at radius 1 is 0.933 bits per heavy atom. The van der Waals surface area contributed by atoms with E-state index < -0.39 is 22.5 Å². The lowest BCUT2D eigenvalue weighted by Gasteiger charge is -2.23. The van der Waals surface area contributed by atoms with E-state index in [2.05, 4.69) is 10.5 Å².